The molecule has 0 N–H and O–H groups in total. The first kappa shape index (κ1) is 5.55. The molecule has 4 nitrogen and oxygen atoms in total. The van der Waals surface area contributed by atoms with Crippen LogP contribution < -0.4 is 0 Å². The molecule has 0 radical (unpaired) electrons. The van der Waals surface area contributed by atoms with Gasteiger partial charge < -0.3 is 0 Å². The van der Waals surface area contributed by atoms with E-state index in [0.29, 0.717) is 16.4 Å². The Kier molecular flexibility index (Phi) is 1.04. The molecule has 0 bridgehead atoms. The monoisotopic (exact) mass is 150 g/mol. The summed E-state index contributed by atoms with van der Waals surface area (Å²) in [5, 5.41) is 7.40. The van der Waals surface area contributed by atoms with Gasteiger partial charge in [0.1, 0.15) is 17.7 Å². The summed E-state index contributed by atoms with van der Waals surface area (Å²) in [6, 6.07) is 0. The number of azo groups is 1. The highest BCUT2D eigenvalue weighted by atomic mass is 32.1. The quantitative estimate of drug-likeness (QED) is 0.523. The lowest BCUT2D eigenvalue weighted by molar-refractivity contribution is 1.15. The summed E-state index contributed by atoms with van der Waals surface area (Å²) < 4.78 is 0. The standard InChI is InChI=1S/C5H2N4S/c10-5-4-3(8-9-5)1-6-2-7-4/h1-2H. The Morgan fingerprint density at radius 1 is 1.30 bits per heavy atom. The molecule has 0 aromatic carbocycles. The van der Waals surface area contributed by atoms with Crippen molar-refractivity contribution >= 4 is 22.9 Å². The molecular formula is C5H2N4S. The molecular weight excluding hydrogens is 148 g/mol. The average Bonchev–Trinajstić information content (AvgIpc) is 2.34. The van der Waals surface area contributed by atoms with Crippen molar-refractivity contribution in [3.63, 3.8) is 0 Å². The minimum atomic E-state index is 0.442. The fourth-order valence-electron chi connectivity index (χ4n) is 0.707. The first-order valence-corrected chi connectivity index (χ1v) is 3.05. The molecule has 1 aliphatic rings. The van der Waals surface area contributed by atoms with E-state index in [1.54, 1.807) is 6.20 Å². The maximum absolute atomic E-state index is 4.82. The van der Waals surface area contributed by atoms with Gasteiger partial charge in [-0.15, -0.1) is 10.2 Å². The molecule has 1 aromatic heterocycles. The highest BCUT2D eigenvalue weighted by Crippen LogP contribution is 2.22. The van der Waals surface area contributed by atoms with E-state index in [4.69, 9.17) is 12.2 Å². The normalized spacial score (nSPS) is 13.8. The van der Waals surface area contributed by atoms with E-state index in [2.05, 4.69) is 20.2 Å². The van der Waals surface area contributed by atoms with Gasteiger partial charge in [0, 0.05) is 0 Å². The summed E-state index contributed by atoms with van der Waals surface area (Å²) in [5.74, 6) is 0. The lowest BCUT2D eigenvalue weighted by Crippen LogP contribution is -1.91. The molecule has 2 rings (SSSR count). The van der Waals surface area contributed by atoms with Gasteiger partial charge in [0.2, 0.25) is 0 Å². The van der Waals surface area contributed by atoms with Crippen LogP contribution in [0.3, 0.4) is 0 Å². The van der Waals surface area contributed by atoms with Gasteiger partial charge >= 0.3 is 0 Å². The van der Waals surface area contributed by atoms with Crippen molar-refractivity contribution in [1.29, 1.82) is 0 Å². The average molecular weight is 150 g/mol. The number of hydrogen-bond donors (Lipinski definition) is 0. The van der Waals surface area contributed by atoms with Crippen molar-refractivity contribution in [3.05, 3.63) is 18.2 Å². The highest BCUT2D eigenvalue weighted by Gasteiger charge is 2.13. The van der Waals surface area contributed by atoms with Crippen molar-refractivity contribution in [3.8, 4) is 0 Å². The lowest BCUT2D eigenvalue weighted by atomic mass is 10.4. The third kappa shape index (κ3) is 0.640. The third-order valence-electron chi connectivity index (χ3n) is 1.14. The predicted octanol–water partition coefficient (Wildman–Crippen LogP) is 1.25. The van der Waals surface area contributed by atoms with Crippen LogP contribution in [0.1, 0.15) is 5.69 Å². The fraction of sp³-hybridized carbons (Fsp3) is 0. The number of aromatic nitrogens is 2. The molecule has 2 heterocycles. The Labute approximate surface area is 62.0 Å². The summed E-state index contributed by atoms with van der Waals surface area (Å²) in [5.41, 5.74) is 1.32. The van der Waals surface area contributed by atoms with Crippen LogP contribution in [0.15, 0.2) is 22.8 Å². The number of thiocarbonyl (C=S) groups is 1. The molecule has 48 valence electrons. The molecule has 1 aliphatic heterocycles. The van der Waals surface area contributed by atoms with Gasteiger partial charge in [-0.2, -0.15) is 0 Å². The minimum absolute atomic E-state index is 0.442. The molecule has 0 spiro atoms. The summed E-state index contributed by atoms with van der Waals surface area (Å²) in [6.07, 6.45) is 3.02. The van der Waals surface area contributed by atoms with Gasteiger partial charge in [0.25, 0.3) is 0 Å². The number of fused-ring (bicyclic) bond motifs is 1. The topological polar surface area (TPSA) is 50.5 Å². The fourth-order valence-corrected chi connectivity index (χ4v) is 0.905. The van der Waals surface area contributed by atoms with Crippen molar-refractivity contribution in [2.75, 3.05) is 0 Å². The maximum atomic E-state index is 4.82. The highest BCUT2D eigenvalue weighted by molar-refractivity contribution is 7.80. The zero-order valence-electron chi connectivity index (χ0n) is 4.85. The summed E-state index contributed by atoms with van der Waals surface area (Å²) in [6.45, 7) is 0. The maximum Gasteiger partial charge on any atom is 0.176 e. The molecule has 10 heavy (non-hydrogen) atoms. The minimum Gasteiger partial charge on any atom is -0.242 e. The lowest BCUT2D eigenvalue weighted by Gasteiger charge is -1.88. The van der Waals surface area contributed by atoms with Gasteiger partial charge in [-0.3, -0.25) is 0 Å². The summed E-state index contributed by atoms with van der Waals surface area (Å²) >= 11 is 4.82. The van der Waals surface area contributed by atoms with Crippen molar-refractivity contribution in [2.45, 2.75) is 0 Å². The van der Waals surface area contributed by atoms with Gasteiger partial charge in [-0.05, 0) is 0 Å². The van der Waals surface area contributed by atoms with E-state index in [0.717, 1.165) is 0 Å². The first-order chi connectivity index (χ1) is 4.88. The Morgan fingerprint density at radius 3 is 3.00 bits per heavy atom. The second-order valence-corrected chi connectivity index (χ2v) is 2.15. The Hall–Kier alpha value is -1.23. The van der Waals surface area contributed by atoms with E-state index in [9.17, 15) is 0 Å². The van der Waals surface area contributed by atoms with Crippen LogP contribution in [-0.4, -0.2) is 15.0 Å². The largest absolute Gasteiger partial charge is 0.242 e. The van der Waals surface area contributed by atoms with Crippen LogP contribution in [0.5, 0.6) is 0 Å². The van der Waals surface area contributed by atoms with E-state index in [1.165, 1.54) is 6.33 Å². The first-order valence-electron chi connectivity index (χ1n) is 2.64. The van der Waals surface area contributed by atoms with E-state index in [-0.39, 0.29) is 0 Å². The molecule has 0 unspecified atom stereocenters. The molecule has 0 amide bonds. The van der Waals surface area contributed by atoms with Crippen LogP contribution in [-0.2, 0) is 0 Å². The van der Waals surface area contributed by atoms with Crippen molar-refractivity contribution < 1.29 is 0 Å². The smallest absolute Gasteiger partial charge is 0.176 e. The van der Waals surface area contributed by atoms with Crippen molar-refractivity contribution in [1.82, 2.24) is 9.97 Å². The zero-order valence-corrected chi connectivity index (χ0v) is 5.67. The van der Waals surface area contributed by atoms with Crippen LogP contribution in [0, 0.1) is 0 Å². The summed E-state index contributed by atoms with van der Waals surface area (Å²) in [7, 11) is 0. The van der Waals surface area contributed by atoms with E-state index < -0.39 is 0 Å². The number of hydrogen-bond acceptors (Lipinski definition) is 4. The third-order valence-corrected chi connectivity index (χ3v) is 1.42. The van der Waals surface area contributed by atoms with Crippen LogP contribution in [0.25, 0.3) is 0 Å². The molecule has 0 saturated heterocycles. The van der Waals surface area contributed by atoms with E-state index >= 15 is 0 Å². The molecule has 0 saturated carbocycles. The van der Waals surface area contributed by atoms with Gasteiger partial charge in [0.05, 0.1) is 6.20 Å². The van der Waals surface area contributed by atoms with Crippen LogP contribution in [0.2, 0.25) is 0 Å². The number of rotatable bonds is 0. The summed E-state index contributed by atoms with van der Waals surface area (Å²) in [4.78, 5) is 8.11. The Balaban J connectivity index is 2.70. The second-order valence-electron chi connectivity index (χ2n) is 1.76. The molecule has 5 heteroatoms. The van der Waals surface area contributed by atoms with Gasteiger partial charge in [0.15, 0.2) is 4.99 Å². The number of nitrogens with zero attached hydrogens (tertiary/aromatic N) is 4. The zero-order chi connectivity index (χ0) is 6.97. The Bertz CT molecular complexity index is 319. The van der Waals surface area contributed by atoms with Gasteiger partial charge in [-0.25, -0.2) is 9.97 Å². The molecule has 1 aromatic rings. The Morgan fingerprint density at radius 2 is 2.20 bits per heavy atom. The SMILES string of the molecule is S=C1N=Nc2cncnc21. The van der Waals surface area contributed by atoms with E-state index in [1.807, 2.05) is 0 Å². The van der Waals surface area contributed by atoms with Gasteiger partial charge in [-0.1, -0.05) is 12.2 Å². The second kappa shape index (κ2) is 1.88. The predicted molar refractivity (Wildman–Crippen MR) is 38.2 cm³/mol. The molecule has 0 atom stereocenters. The van der Waals surface area contributed by atoms with Crippen molar-refractivity contribution in [2.24, 2.45) is 10.2 Å². The van der Waals surface area contributed by atoms with Crippen LogP contribution in [0.4, 0.5) is 5.69 Å². The van der Waals surface area contributed by atoms with Crippen LogP contribution >= 0.6 is 12.2 Å². The molecule has 0 fully saturated rings. The molecule has 0 aliphatic carbocycles.